The summed E-state index contributed by atoms with van der Waals surface area (Å²) in [5.41, 5.74) is 2.05. The van der Waals surface area contributed by atoms with Crippen molar-refractivity contribution < 1.29 is 14.3 Å². The van der Waals surface area contributed by atoms with Crippen LogP contribution in [0.2, 0.25) is 0 Å². The molecule has 11 nitrogen and oxygen atoms in total. The molecule has 180 valence electrons. The van der Waals surface area contributed by atoms with Crippen LogP contribution in [0.1, 0.15) is 16.1 Å². The maximum atomic E-state index is 12.6. The van der Waals surface area contributed by atoms with E-state index < -0.39 is 0 Å². The number of carbonyl (C=O) groups is 1. The van der Waals surface area contributed by atoms with Crippen LogP contribution in [0.3, 0.4) is 0 Å². The number of nitrogens with zero attached hydrogens (tertiary/aromatic N) is 7. The maximum absolute atomic E-state index is 12.6. The van der Waals surface area contributed by atoms with E-state index in [2.05, 4.69) is 30.4 Å². The van der Waals surface area contributed by atoms with Crippen molar-refractivity contribution in [2.45, 2.75) is 6.42 Å². The van der Waals surface area contributed by atoms with Crippen molar-refractivity contribution >= 4 is 17.4 Å². The van der Waals surface area contributed by atoms with E-state index in [9.17, 15) is 4.79 Å². The molecule has 1 saturated heterocycles. The Kier molecular flexibility index (Phi) is 6.66. The van der Waals surface area contributed by atoms with Gasteiger partial charge in [0.05, 0.1) is 26.0 Å². The van der Waals surface area contributed by atoms with Gasteiger partial charge in [0.2, 0.25) is 0 Å². The molecule has 0 bridgehead atoms. The highest BCUT2D eigenvalue weighted by Gasteiger charge is 2.18. The van der Waals surface area contributed by atoms with Gasteiger partial charge in [0.25, 0.3) is 5.91 Å². The van der Waals surface area contributed by atoms with Crippen molar-refractivity contribution in [1.82, 2.24) is 29.5 Å². The molecular weight excluding hydrogens is 448 g/mol. The van der Waals surface area contributed by atoms with Crippen molar-refractivity contribution in [2.75, 3.05) is 43.1 Å². The summed E-state index contributed by atoms with van der Waals surface area (Å²) in [5.74, 6) is 0.933. The van der Waals surface area contributed by atoms with Gasteiger partial charge in [-0.3, -0.25) is 9.48 Å². The van der Waals surface area contributed by atoms with Crippen LogP contribution in [-0.4, -0.2) is 68.3 Å². The lowest BCUT2D eigenvalue weighted by atomic mass is 10.3. The van der Waals surface area contributed by atoms with Crippen molar-refractivity contribution in [3.05, 3.63) is 72.3 Å². The van der Waals surface area contributed by atoms with Gasteiger partial charge in [0.1, 0.15) is 5.82 Å². The summed E-state index contributed by atoms with van der Waals surface area (Å²) in [5, 5.41) is 11.5. The highest BCUT2D eigenvalue weighted by molar-refractivity contribution is 6.02. The Morgan fingerprint density at radius 2 is 1.91 bits per heavy atom. The van der Waals surface area contributed by atoms with Gasteiger partial charge in [-0.25, -0.2) is 4.68 Å². The van der Waals surface area contributed by atoms with Crippen molar-refractivity contribution in [2.24, 2.45) is 7.05 Å². The van der Waals surface area contributed by atoms with Crippen LogP contribution in [0.15, 0.2) is 61.1 Å². The molecule has 1 aliphatic rings. The minimum Gasteiger partial charge on any atom is -0.463 e. The molecule has 0 saturated carbocycles. The number of nitrogens with one attached hydrogen (secondary N) is 1. The smallest absolute Gasteiger partial charge is 0.320 e. The summed E-state index contributed by atoms with van der Waals surface area (Å²) in [6, 6.07) is 13.0. The number of para-hydroxylation sites is 1. The monoisotopic (exact) mass is 474 g/mol. The molecule has 1 N–H and O–H groups in total. The number of hydrogen-bond donors (Lipinski definition) is 1. The van der Waals surface area contributed by atoms with Crippen molar-refractivity contribution in [3.63, 3.8) is 0 Å². The molecule has 0 spiro atoms. The van der Waals surface area contributed by atoms with Gasteiger partial charge in [-0.15, -0.1) is 0 Å². The number of carbonyl (C=O) groups excluding carboxylic acids is 1. The van der Waals surface area contributed by atoms with Crippen LogP contribution in [-0.2, 0) is 18.2 Å². The van der Waals surface area contributed by atoms with Crippen LogP contribution in [0.5, 0.6) is 6.01 Å². The second-order valence-electron chi connectivity index (χ2n) is 8.05. The summed E-state index contributed by atoms with van der Waals surface area (Å²) >= 11 is 0. The summed E-state index contributed by atoms with van der Waals surface area (Å²) in [7, 11) is 1.88. The molecule has 11 heteroatoms. The van der Waals surface area contributed by atoms with Crippen molar-refractivity contribution in [1.29, 1.82) is 0 Å². The Balaban J connectivity index is 1.35. The SMILES string of the molecule is Cn1cc(CCOc2nc(N3CCOCC3)cc(-n3ccc(C(=O)Nc4ccccc4)n3)n2)cn1. The lowest BCUT2D eigenvalue weighted by Crippen LogP contribution is -2.37. The molecule has 0 atom stereocenters. The van der Waals surface area contributed by atoms with Crippen LogP contribution in [0, 0.1) is 0 Å². The zero-order valence-electron chi connectivity index (χ0n) is 19.4. The van der Waals surface area contributed by atoms with Gasteiger partial charge in [-0.1, -0.05) is 18.2 Å². The van der Waals surface area contributed by atoms with Crippen molar-refractivity contribution in [3.8, 4) is 11.8 Å². The van der Waals surface area contributed by atoms with Crippen LogP contribution >= 0.6 is 0 Å². The topological polar surface area (TPSA) is 112 Å². The predicted octanol–water partition coefficient (Wildman–Crippen LogP) is 2.11. The van der Waals surface area contributed by atoms with E-state index in [1.165, 1.54) is 0 Å². The summed E-state index contributed by atoms with van der Waals surface area (Å²) in [4.78, 5) is 23.9. The molecule has 4 aromatic rings. The van der Waals surface area contributed by atoms with Gasteiger partial charge < -0.3 is 19.7 Å². The van der Waals surface area contributed by atoms with Gasteiger partial charge in [-0.2, -0.15) is 20.2 Å². The van der Waals surface area contributed by atoms with Gasteiger partial charge in [-0.05, 0) is 23.8 Å². The number of aromatic nitrogens is 6. The molecule has 1 amide bonds. The third-order valence-corrected chi connectivity index (χ3v) is 5.48. The molecule has 4 heterocycles. The second kappa shape index (κ2) is 10.3. The Hall–Kier alpha value is -4.25. The molecule has 1 aliphatic heterocycles. The molecule has 3 aromatic heterocycles. The van der Waals surface area contributed by atoms with E-state index in [0.29, 0.717) is 37.7 Å². The van der Waals surface area contributed by atoms with E-state index in [1.54, 1.807) is 21.6 Å². The number of rotatable bonds is 8. The first kappa shape index (κ1) is 22.5. The fraction of sp³-hybridized carbons (Fsp3) is 0.292. The van der Waals surface area contributed by atoms with E-state index >= 15 is 0 Å². The van der Waals surface area contributed by atoms with E-state index in [4.69, 9.17) is 9.47 Å². The molecule has 1 fully saturated rings. The Morgan fingerprint density at radius 3 is 2.69 bits per heavy atom. The van der Waals surface area contributed by atoms with Gasteiger partial charge >= 0.3 is 6.01 Å². The normalized spacial score (nSPS) is 13.6. The molecular formula is C24H26N8O3. The second-order valence-corrected chi connectivity index (χ2v) is 8.05. The summed E-state index contributed by atoms with van der Waals surface area (Å²) in [6.07, 6.45) is 6.14. The fourth-order valence-corrected chi connectivity index (χ4v) is 3.69. The number of amides is 1. The number of anilines is 2. The van der Waals surface area contributed by atoms with Crippen LogP contribution < -0.4 is 15.0 Å². The standard InChI is InChI=1S/C24H26N8O3/c1-30-17-18(16-25-30)8-12-35-24-27-21(31-10-13-34-14-11-31)15-22(28-24)32-9-7-20(29-32)23(33)26-19-5-3-2-4-6-19/h2-7,9,15-17H,8,10-14H2,1H3,(H,26,33). The lowest BCUT2D eigenvalue weighted by molar-refractivity contribution is 0.102. The molecule has 0 unspecified atom stereocenters. The largest absolute Gasteiger partial charge is 0.463 e. The zero-order valence-corrected chi connectivity index (χ0v) is 19.4. The molecule has 1 aromatic carbocycles. The number of ether oxygens (including phenoxy) is 2. The summed E-state index contributed by atoms with van der Waals surface area (Å²) in [6.45, 7) is 3.09. The Labute approximate surface area is 202 Å². The average Bonchev–Trinajstić information content (AvgIpc) is 3.55. The first-order chi connectivity index (χ1) is 17.1. The quantitative estimate of drug-likeness (QED) is 0.413. The first-order valence-corrected chi connectivity index (χ1v) is 11.4. The third kappa shape index (κ3) is 5.64. The highest BCUT2D eigenvalue weighted by Crippen LogP contribution is 2.20. The zero-order chi connectivity index (χ0) is 24.0. The number of morpholine rings is 1. The lowest BCUT2D eigenvalue weighted by Gasteiger charge is -2.28. The molecule has 35 heavy (non-hydrogen) atoms. The number of aryl methyl sites for hydroxylation is 1. The van der Waals surface area contributed by atoms with Crippen LogP contribution in [0.25, 0.3) is 5.82 Å². The first-order valence-electron chi connectivity index (χ1n) is 11.4. The van der Waals surface area contributed by atoms with E-state index in [1.807, 2.05) is 55.8 Å². The minimum absolute atomic E-state index is 0.249. The number of hydrogen-bond acceptors (Lipinski definition) is 8. The maximum Gasteiger partial charge on any atom is 0.320 e. The minimum atomic E-state index is -0.301. The summed E-state index contributed by atoms with van der Waals surface area (Å²) < 4.78 is 14.7. The average molecular weight is 475 g/mol. The Bertz CT molecular complexity index is 1280. The molecule has 0 aliphatic carbocycles. The third-order valence-electron chi connectivity index (χ3n) is 5.48. The molecule has 0 radical (unpaired) electrons. The Morgan fingerprint density at radius 1 is 1.11 bits per heavy atom. The van der Waals surface area contributed by atoms with E-state index in [0.717, 1.165) is 24.5 Å². The van der Waals surface area contributed by atoms with E-state index in [-0.39, 0.29) is 17.6 Å². The van der Waals surface area contributed by atoms with Gasteiger partial charge in [0.15, 0.2) is 11.5 Å². The van der Waals surface area contributed by atoms with Gasteiger partial charge in [0, 0.05) is 50.7 Å². The van der Waals surface area contributed by atoms with Crippen LogP contribution in [0.4, 0.5) is 11.5 Å². The predicted molar refractivity (Wildman–Crippen MR) is 129 cm³/mol. The highest BCUT2D eigenvalue weighted by atomic mass is 16.5. The number of benzene rings is 1. The fourth-order valence-electron chi connectivity index (χ4n) is 3.69. The molecule has 5 rings (SSSR count).